The van der Waals surface area contributed by atoms with Gasteiger partial charge in [0.15, 0.2) is 0 Å². The summed E-state index contributed by atoms with van der Waals surface area (Å²) in [5.74, 6) is -0.560. The zero-order valence-electron chi connectivity index (χ0n) is 8.88. The Labute approximate surface area is 80.1 Å². The van der Waals surface area contributed by atoms with Crippen molar-refractivity contribution in [3.63, 3.8) is 0 Å². The highest BCUT2D eigenvalue weighted by atomic mass is 16.5. The van der Waals surface area contributed by atoms with E-state index in [1.165, 1.54) is 6.92 Å². The molecule has 1 atom stereocenters. The maximum atomic E-state index is 11.0. The molecule has 0 fully saturated rings. The van der Waals surface area contributed by atoms with Gasteiger partial charge >= 0.3 is 7.28 Å². The fourth-order valence-corrected chi connectivity index (χ4v) is 0.551. The third kappa shape index (κ3) is 5.44. The van der Waals surface area contributed by atoms with Gasteiger partial charge in [0.25, 0.3) is 5.87 Å². The van der Waals surface area contributed by atoms with Gasteiger partial charge in [-0.1, -0.05) is 20.8 Å². The van der Waals surface area contributed by atoms with Gasteiger partial charge in [0.2, 0.25) is 0 Å². The molecule has 13 heavy (non-hydrogen) atoms. The van der Waals surface area contributed by atoms with Crippen molar-refractivity contribution in [1.29, 1.82) is 0 Å². The van der Waals surface area contributed by atoms with E-state index < -0.39 is 5.87 Å². The lowest BCUT2D eigenvalue weighted by Crippen LogP contribution is -2.31. The molecule has 0 amide bonds. The van der Waals surface area contributed by atoms with Crippen LogP contribution in [0, 0.1) is 5.41 Å². The van der Waals surface area contributed by atoms with Gasteiger partial charge < -0.3 is 9.53 Å². The van der Waals surface area contributed by atoms with Gasteiger partial charge in [-0.2, -0.15) is 0 Å². The van der Waals surface area contributed by atoms with Crippen molar-refractivity contribution in [2.24, 2.45) is 5.41 Å². The lowest BCUT2D eigenvalue weighted by Gasteiger charge is -2.26. The zero-order valence-corrected chi connectivity index (χ0v) is 8.88. The predicted octanol–water partition coefficient (Wildman–Crippen LogP) is 1.81. The van der Waals surface area contributed by atoms with Gasteiger partial charge in [0.05, 0.1) is 5.68 Å². The summed E-state index contributed by atoms with van der Waals surface area (Å²) in [6.07, 6.45) is -0.199. The van der Waals surface area contributed by atoms with Crippen molar-refractivity contribution in [2.45, 2.75) is 40.7 Å². The number of hydrogen-bond donors (Lipinski definition) is 0. The van der Waals surface area contributed by atoms with E-state index in [1.54, 1.807) is 0 Å². The molecule has 0 aliphatic rings. The maximum absolute atomic E-state index is 11.0. The number of hydrogen-bond acceptors (Lipinski definition) is 3. The van der Waals surface area contributed by atoms with Crippen molar-refractivity contribution in [3.8, 4) is 0 Å². The SMILES string of the molecule is CC(=O)[B]C(=O)OC(C)C(C)(C)C. The van der Waals surface area contributed by atoms with Crippen LogP contribution in [0.5, 0.6) is 0 Å². The average molecular weight is 183 g/mol. The normalized spacial score (nSPS) is 13.3. The van der Waals surface area contributed by atoms with Crippen LogP contribution in [0.3, 0.4) is 0 Å². The van der Waals surface area contributed by atoms with E-state index in [0.717, 1.165) is 7.28 Å². The minimum atomic E-state index is -0.560. The van der Waals surface area contributed by atoms with Gasteiger partial charge in [-0.15, -0.1) is 0 Å². The summed E-state index contributed by atoms with van der Waals surface area (Å²) in [5, 5.41) is 0. The monoisotopic (exact) mass is 183 g/mol. The molecule has 1 unspecified atom stereocenters. The van der Waals surface area contributed by atoms with Crippen molar-refractivity contribution in [3.05, 3.63) is 0 Å². The second-order valence-electron chi connectivity index (χ2n) is 4.20. The van der Waals surface area contributed by atoms with E-state index in [9.17, 15) is 9.59 Å². The van der Waals surface area contributed by atoms with E-state index in [4.69, 9.17) is 4.74 Å². The molecule has 0 aromatic carbocycles. The largest absolute Gasteiger partial charge is 0.470 e. The first kappa shape index (κ1) is 12.2. The van der Waals surface area contributed by atoms with Crippen LogP contribution in [-0.2, 0) is 9.53 Å². The molecule has 0 heterocycles. The summed E-state index contributed by atoms with van der Waals surface area (Å²) >= 11 is 0. The highest BCUT2D eigenvalue weighted by molar-refractivity contribution is 6.95. The Morgan fingerprint density at radius 1 is 1.31 bits per heavy atom. The van der Waals surface area contributed by atoms with E-state index in [2.05, 4.69) is 0 Å². The zero-order chi connectivity index (χ0) is 10.6. The van der Waals surface area contributed by atoms with Gasteiger partial charge in [-0.3, -0.25) is 4.79 Å². The number of carbonyl (C=O) groups is 2. The highest BCUT2D eigenvalue weighted by Crippen LogP contribution is 2.21. The Bertz CT molecular complexity index is 205. The first-order chi connectivity index (χ1) is 5.73. The van der Waals surface area contributed by atoms with Crippen molar-refractivity contribution < 1.29 is 14.3 Å². The van der Waals surface area contributed by atoms with E-state index in [-0.39, 0.29) is 17.2 Å². The van der Waals surface area contributed by atoms with Gasteiger partial charge in [0, 0.05) is 0 Å². The lowest BCUT2D eigenvalue weighted by atomic mass is 9.74. The molecule has 0 spiro atoms. The Morgan fingerprint density at radius 2 is 1.77 bits per heavy atom. The number of rotatable bonds is 3. The van der Waals surface area contributed by atoms with Crippen LogP contribution in [0.1, 0.15) is 34.6 Å². The van der Waals surface area contributed by atoms with Crippen molar-refractivity contribution in [2.75, 3.05) is 0 Å². The molecular formula is C9H16BO3. The molecule has 1 radical (unpaired) electrons. The third-order valence-electron chi connectivity index (χ3n) is 1.83. The van der Waals surface area contributed by atoms with Crippen LogP contribution in [0.4, 0.5) is 4.79 Å². The van der Waals surface area contributed by atoms with Crippen LogP contribution in [0.25, 0.3) is 0 Å². The molecule has 0 bridgehead atoms. The van der Waals surface area contributed by atoms with Crippen molar-refractivity contribution in [1.82, 2.24) is 0 Å². The molecule has 0 rings (SSSR count). The second-order valence-corrected chi connectivity index (χ2v) is 4.20. The first-order valence-electron chi connectivity index (χ1n) is 4.29. The molecule has 0 saturated carbocycles. The third-order valence-corrected chi connectivity index (χ3v) is 1.83. The van der Waals surface area contributed by atoms with Crippen LogP contribution >= 0.6 is 0 Å². The Balaban J connectivity index is 4.00. The summed E-state index contributed by atoms with van der Waals surface area (Å²) in [7, 11) is 0.961. The molecule has 0 aromatic rings. The Morgan fingerprint density at radius 3 is 2.08 bits per heavy atom. The Hall–Kier alpha value is -0.795. The molecule has 0 aliphatic heterocycles. The van der Waals surface area contributed by atoms with Crippen molar-refractivity contribution >= 4 is 18.8 Å². The van der Waals surface area contributed by atoms with Crippen LogP contribution in [-0.4, -0.2) is 24.9 Å². The summed E-state index contributed by atoms with van der Waals surface area (Å²) in [6, 6.07) is 0. The standard InChI is InChI=1S/C9H16BO3/c1-6(9(3,4)5)13-8(12)10-7(2)11/h6H,1-5H3. The van der Waals surface area contributed by atoms with Gasteiger partial charge in [0.1, 0.15) is 6.10 Å². The second kappa shape index (κ2) is 4.44. The summed E-state index contributed by atoms with van der Waals surface area (Å²) in [5.41, 5.74) is -0.383. The fraction of sp³-hybridized carbons (Fsp3) is 0.778. The summed E-state index contributed by atoms with van der Waals surface area (Å²) < 4.78 is 5.01. The molecule has 73 valence electrons. The van der Waals surface area contributed by atoms with Gasteiger partial charge in [-0.25, -0.2) is 0 Å². The summed E-state index contributed by atoms with van der Waals surface area (Å²) in [4.78, 5) is 21.5. The predicted molar refractivity (Wildman–Crippen MR) is 51.8 cm³/mol. The minimum absolute atomic E-state index is 0.0969. The lowest BCUT2D eigenvalue weighted by molar-refractivity contribution is -0.110. The molecule has 0 aromatic heterocycles. The number of carbonyl (C=O) groups excluding carboxylic acids is 2. The van der Waals surface area contributed by atoms with Crippen LogP contribution in [0.2, 0.25) is 0 Å². The molecule has 4 heteroatoms. The highest BCUT2D eigenvalue weighted by Gasteiger charge is 2.24. The minimum Gasteiger partial charge on any atom is -0.470 e. The maximum Gasteiger partial charge on any atom is 0.347 e. The van der Waals surface area contributed by atoms with E-state index in [0.29, 0.717) is 0 Å². The average Bonchev–Trinajstić information content (AvgIpc) is 1.82. The molecular weight excluding hydrogens is 167 g/mol. The van der Waals surface area contributed by atoms with E-state index in [1.807, 2.05) is 27.7 Å². The molecule has 0 N–H and O–H groups in total. The molecule has 0 aliphatic carbocycles. The molecule has 3 nitrogen and oxygen atoms in total. The first-order valence-corrected chi connectivity index (χ1v) is 4.29. The van der Waals surface area contributed by atoms with E-state index >= 15 is 0 Å². The fourth-order valence-electron chi connectivity index (χ4n) is 0.551. The van der Waals surface area contributed by atoms with Crippen LogP contribution in [0.15, 0.2) is 0 Å². The summed E-state index contributed by atoms with van der Waals surface area (Å²) in [6.45, 7) is 9.05. The topological polar surface area (TPSA) is 43.4 Å². The molecule has 0 saturated heterocycles. The quantitative estimate of drug-likeness (QED) is 0.626. The van der Waals surface area contributed by atoms with Crippen LogP contribution < -0.4 is 0 Å². The smallest absolute Gasteiger partial charge is 0.347 e. The number of ether oxygens (including phenoxy) is 1. The van der Waals surface area contributed by atoms with Gasteiger partial charge in [-0.05, 0) is 19.3 Å². The Kier molecular flexibility index (Phi) is 4.17.